The molecule has 0 aliphatic rings. The monoisotopic (exact) mass is 525 g/mol. The lowest BCUT2D eigenvalue weighted by atomic mass is 9.99. The van der Waals surface area contributed by atoms with Gasteiger partial charge in [0.1, 0.15) is 11.8 Å². The van der Waals surface area contributed by atoms with Crippen molar-refractivity contribution in [2.45, 2.75) is 38.1 Å². The second-order valence-corrected chi connectivity index (χ2v) is 9.27. The summed E-state index contributed by atoms with van der Waals surface area (Å²) in [6.07, 6.45) is 3.37. The Hall–Kier alpha value is -4.56. The van der Waals surface area contributed by atoms with Crippen molar-refractivity contribution in [1.29, 1.82) is 0 Å². The highest BCUT2D eigenvalue weighted by Crippen LogP contribution is 2.23. The molecule has 4 aromatic rings. The SMILES string of the molecule is COC(=O)[C@H](Cc1c[nH]c2ccc(C(=O)CCC(=O)CCc3ccccc3)cc12)NNC(=O)c1ccccc1. The minimum atomic E-state index is -0.858. The number of rotatable bonds is 13. The standard InChI is InChI=1S/C31H31N3O5/c1-39-31(38)28(33-34-30(37)22-10-6-3-7-11-22)19-24-20-32-27-16-13-23(18-26(24)27)29(36)17-15-25(35)14-12-21-8-4-2-5-9-21/h2-11,13,16,18,20,28,32-33H,12,14-15,17,19H2,1H3,(H,34,37)/t28-/m0/s1. The Morgan fingerprint density at radius 3 is 2.28 bits per heavy atom. The van der Waals surface area contributed by atoms with Crippen LogP contribution >= 0.6 is 0 Å². The number of ketones is 2. The minimum absolute atomic E-state index is 0.0557. The van der Waals surface area contributed by atoms with Crippen molar-refractivity contribution in [2.75, 3.05) is 7.11 Å². The highest BCUT2D eigenvalue weighted by Gasteiger charge is 2.22. The smallest absolute Gasteiger partial charge is 0.325 e. The number of hydrazine groups is 1. The lowest BCUT2D eigenvalue weighted by Crippen LogP contribution is -2.49. The second kappa shape index (κ2) is 13.3. The predicted octanol–water partition coefficient (Wildman–Crippen LogP) is 4.35. The van der Waals surface area contributed by atoms with Gasteiger partial charge in [-0.2, -0.15) is 0 Å². The Bertz CT molecular complexity index is 1450. The molecule has 0 aliphatic carbocycles. The average Bonchev–Trinajstić information content (AvgIpc) is 3.39. The predicted molar refractivity (Wildman–Crippen MR) is 148 cm³/mol. The van der Waals surface area contributed by atoms with Crippen LogP contribution in [0.1, 0.15) is 51.1 Å². The number of carbonyl (C=O) groups is 4. The molecule has 0 unspecified atom stereocenters. The molecule has 3 aromatic carbocycles. The summed E-state index contributed by atoms with van der Waals surface area (Å²) < 4.78 is 4.93. The van der Waals surface area contributed by atoms with Gasteiger partial charge in [-0.3, -0.25) is 24.6 Å². The number of ether oxygens (including phenoxy) is 1. The van der Waals surface area contributed by atoms with E-state index < -0.39 is 12.0 Å². The summed E-state index contributed by atoms with van der Waals surface area (Å²) in [6, 6.07) is 22.9. The van der Waals surface area contributed by atoms with Gasteiger partial charge in [-0.15, -0.1) is 0 Å². The number of benzene rings is 3. The Morgan fingerprint density at radius 1 is 0.846 bits per heavy atom. The second-order valence-electron chi connectivity index (χ2n) is 9.27. The van der Waals surface area contributed by atoms with E-state index in [0.717, 1.165) is 22.0 Å². The summed E-state index contributed by atoms with van der Waals surface area (Å²) in [5.41, 5.74) is 8.96. The first kappa shape index (κ1) is 27.5. The minimum Gasteiger partial charge on any atom is -0.468 e. The lowest BCUT2D eigenvalue weighted by Gasteiger charge is -2.17. The van der Waals surface area contributed by atoms with Gasteiger partial charge in [-0.1, -0.05) is 48.5 Å². The zero-order valence-corrected chi connectivity index (χ0v) is 21.7. The van der Waals surface area contributed by atoms with E-state index in [4.69, 9.17) is 4.74 Å². The molecular weight excluding hydrogens is 494 g/mol. The molecule has 0 radical (unpaired) electrons. The van der Waals surface area contributed by atoms with E-state index >= 15 is 0 Å². The van der Waals surface area contributed by atoms with Gasteiger partial charge in [0.05, 0.1) is 7.11 Å². The van der Waals surface area contributed by atoms with Gasteiger partial charge in [0, 0.05) is 53.9 Å². The third-order valence-corrected chi connectivity index (χ3v) is 6.56. The van der Waals surface area contributed by atoms with Gasteiger partial charge in [0.2, 0.25) is 0 Å². The number of Topliss-reactive ketones (excluding diaryl/α,β-unsaturated/α-hetero) is 2. The molecule has 1 amide bonds. The maximum absolute atomic E-state index is 12.9. The van der Waals surface area contributed by atoms with Crippen molar-refractivity contribution in [3.05, 3.63) is 107 Å². The quantitative estimate of drug-likeness (QED) is 0.136. The number of hydrogen-bond acceptors (Lipinski definition) is 6. The summed E-state index contributed by atoms with van der Waals surface area (Å²) in [5.74, 6) is -0.983. The maximum Gasteiger partial charge on any atom is 0.325 e. The zero-order valence-electron chi connectivity index (χ0n) is 21.7. The van der Waals surface area contributed by atoms with Crippen LogP contribution in [0.2, 0.25) is 0 Å². The molecule has 0 saturated heterocycles. The molecule has 39 heavy (non-hydrogen) atoms. The fraction of sp³-hybridized carbons (Fsp3) is 0.226. The molecule has 3 N–H and O–H groups in total. The van der Waals surface area contributed by atoms with Crippen LogP contribution in [0.15, 0.2) is 85.1 Å². The summed E-state index contributed by atoms with van der Waals surface area (Å²) in [7, 11) is 1.28. The number of hydrogen-bond donors (Lipinski definition) is 3. The van der Waals surface area contributed by atoms with Crippen molar-refractivity contribution in [3.63, 3.8) is 0 Å². The largest absolute Gasteiger partial charge is 0.468 e. The van der Waals surface area contributed by atoms with Crippen molar-refractivity contribution in [1.82, 2.24) is 15.8 Å². The number of amides is 1. The molecule has 200 valence electrons. The van der Waals surface area contributed by atoms with Crippen molar-refractivity contribution in [3.8, 4) is 0 Å². The Kier molecular flexibility index (Phi) is 9.37. The number of aromatic amines is 1. The molecule has 0 saturated carbocycles. The molecule has 8 heteroatoms. The average molecular weight is 526 g/mol. The number of H-pyrrole nitrogens is 1. The van der Waals surface area contributed by atoms with Crippen molar-refractivity contribution < 1.29 is 23.9 Å². The molecule has 1 aromatic heterocycles. The van der Waals surface area contributed by atoms with Crippen molar-refractivity contribution in [2.24, 2.45) is 0 Å². The first-order valence-corrected chi connectivity index (χ1v) is 12.8. The van der Waals surface area contributed by atoms with Crippen LogP contribution in [0.3, 0.4) is 0 Å². The molecule has 8 nitrogen and oxygen atoms in total. The van der Waals surface area contributed by atoms with E-state index in [1.807, 2.05) is 30.3 Å². The van der Waals surface area contributed by atoms with Gasteiger partial charge in [-0.05, 0) is 47.9 Å². The molecule has 1 atom stereocenters. The third kappa shape index (κ3) is 7.49. The van der Waals surface area contributed by atoms with Crippen LogP contribution in [0.5, 0.6) is 0 Å². The third-order valence-electron chi connectivity index (χ3n) is 6.56. The van der Waals surface area contributed by atoms with Gasteiger partial charge >= 0.3 is 5.97 Å². The van der Waals surface area contributed by atoms with Crippen molar-refractivity contribution >= 4 is 34.3 Å². The molecule has 1 heterocycles. The summed E-state index contributed by atoms with van der Waals surface area (Å²) >= 11 is 0. The molecule has 4 rings (SSSR count). The van der Waals surface area contributed by atoms with E-state index in [1.165, 1.54) is 7.11 Å². The van der Waals surface area contributed by atoms with Gasteiger partial charge in [0.25, 0.3) is 5.91 Å². The Labute approximate surface area is 226 Å². The summed E-state index contributed by atoms with van der Waals surface area (Å²) in [6.45, 7) is 0. The Morgan fingerprint density at radius 2 is 1.56 bits per heavy atom. The molecule has 0 fully saturated rings. The van der Waals surface area contributed by atoms with Crippen LogP contribution in [0, 0.1) is 0 Å². The summed E-state index contributed by atoms with van der Waals surface area (Å²) in [5, 5.41) is 0.779. The first-order valence-electron chi connectivity index (χ1n) is 12.8. The van der Waals surface area contributed by atoms with Gasteiger partial charge in [0.15, 0.2) is 5.78 Å². The highest BCUT2D eigenvalue weighted by molar-refractivity contribution is 6.01. The number of aryl methyl sites for hydroxylation is 1. The fourth-order valence-corrected chi connectivity index (χ4v) is 4.34. The topological polar surface area (TPSA) is 117 Å². The first-order chi connectivity index (χ1) is 18.9. The van der Waals surface area contributed by atoms with Gasteiger partial charge < -0.3 is 9.72 Å². The highest BCUT2D eigenvalue weighted by atomic mass is 16.5. The van der Waals surface area contributed by atoms with E-state index in [-0.39, 0.29) is 36.7 Å². The van der Waals surface area contributed by atoms with Crippen LogP contribution < -0.4 is 10.9 Å². The lowest BCUT2D eigenvalue weighted by molar-refractivity contribution is -0.143. The van der Waals surface area contributed by atoms with E-state index in [0.29, 0.717) is 24.0 Å². The number of fused-ring (bicyclic) bond motifs is 1. The van der Waals surface area contributed by atoms with Crippen LogP contribution in [-0.2, 0) is 27.2 Å². The molecule has 0 aliphatic heterocycles. The van der Waals surface area contributed by atoms with Crippen LogP contribution in [0.4, 0.5) is 0 Å². The van der Waals surface area contributed by atoms with E-state index in [9.17, 15) is 19.2 Å². The number of carbonyl (C=O) groups excluding carboxylic acids is 4. The fourth-order valence-electron chi connectivity index (χ4n) is 4.34. The van der Waals surface area contributed by atoms with E-state index in [1.54, 1.807) is 54.7 Å². The van der Waals surface area contributed by atoms with Gasteiger partial charge in [-0.25, -0.2) is 5.43 Å². The molecular formula is C31H31N3O5. The number of aromatic nitrogens is 1. The zero-order chi connectivity index (χ0) is 27.6. The molecule has 0 bridgehead atoms. The molecule has 0 spiro atoms. The summed E-state index contributed by atoms with van der Waals surface area (Å²) in [4.78, 5) is 53.3. The normalized spacial score (nSPS) is 11.6. The van der Waals surface area contributed by atoms with E-state index in [2.05, 4.69) is 15.8 Å². The maximum atomic E-state index is 12.9. The number of nitrogens with one attached hydrogen (secondary N) is 3. The Balaban J connectivity index is 1.38. The van der Waals surface area contributed by atoms with Crippen LogP contribution in [-0.4, -0.2) is 41.6 Å². The van der Waals surface area contributed by atoms with Crippen LogP contribution in [0.25, 0.3) is 10.9 Å². The number of esters is 1. The number of methoxy groups -OCH3 is 1.